The molecule has 0 aliphatic heterocycles. The summed E-state index contributed by atoms with van der Waals surface area (Å²) >= 11 is 5.38. The predicted molar refractivity (Wildman–Crippen MR) is 86.7 cm³/mol. The van der Waals surface area contributed by atoms with Crippen LogP contribution in [-0.2, 0) is 0 Å². The normalized spacial score (nSPS) is 17.7. The minimum absolute atomic E-state index is 0.345. The van der Waals surface area contributed by atoms with Gasteiger partial charge in [-0.05, 0) is 37.3 Å². The highest BCUT2D eigenvalue weighted by Crippen LogP contribution is 2.38. The first-order chi connectivity index (χ1) is 9.19. The van der Waals surface area contributed by atoms with Gasteiger partial charge in [0.25, 0.3) is 0 Å². The molecule has 1 N–H and O–H groups in total. The molecule has 0 amide bonds. The Balaban J connectivity index is 2.07. The van der Waals surface area contributed by atoms with Gasteiger partial charge in [0.2, 0.25) is 0 Å². The van der Waals surface area contributed by atoms with Gasteiger partial charge in [-0.2, -0.15) is 17.0 Å². The Morgan fingerprint density at radius 2 is 2.11 bits per heavy atom. The number of nitrogens with zero attached hydrogens (tertiary/aromatic N) is 1. The van der Waals surface area contributed by atoms with Gasteiger partial charge in [-0.15, -0.1) is 0 Å². The lowest BCUT2D eigenvalue weighted by atomic mass is 9.88. The fourth-order valence-electron chi connectivity index (χ4n) is 2.67. The number of benzene rings is 1. The third-order valence-corrected chi connectivity index (χ3v) is 5.81. The molecule has 0 aromatic heterocycles. The molecule has 0 atom stereocenters. The monoisotopic (exact) mass is 338 g/mol. The predicted octanol–water partition coefficient (Wildman–Crippen LogP) is 4.80. The molecule has 19 heavy (non-hydrogen) atoms. The van der Waals surface area contributed by atoms with E-state index >= 15 is 0 Å². The van der Waals surface area contributed by atoms with Crippen molar-refractivity contribution in [2.75, 3.05) is 18.1 Å². The molecule has 0 unspecified atom stereocenters. The number of halogens is 1. The van der Waals surface area contributed by atoms with E-state index in [1.807, 2.05) is 30.0 Å². The summed E-state index contributed by atoms with van der Waals surface area (Å²) in [4.78, 5) is 0. The Hall–Kier alpha value is -0.660. The number of hydrogen-bond donors (Lipinski definition) is 1. The summed E-state index contributed by atoms with van der Waals surface area (Å²) in [5, 5.41) is 12.7. The number of nitriles is 1. The van der Waals surface area contributed by atoms with Crippen molar-refractivity contribution < 1.29 is 0 Å². The van der Waals surface area contributed by atoms with Gasteiger partial charge in [0.1, 0.15) is 6.07 Å². The largest absolute Gasteiger partial charge is 0.383 e. The SMILES string of the molecule is CSC1(CNc2ccc(Br)cc2C#N)CCCCC1. The van der Waals surface area contributed by atoms with Crippen LogP contribution in [0.5, 0.6) is 0 Å². The van der Waals surface area contributed by atoms with Crippen molar-refractivity contribution in [3.05, 3.63) is 28.2 Å². The second kappa shape index (κ2) is 6.67. The zero-order chi connectivity index (χ0) is 13.7. The first-order valence-corrected chi connectivity index (χ1v) is 8.69. The maximum atomic E-state index is 9.19. The van der Waals surface area contributed by atoms with Gasteiger partial charge >= 0.3 is 0 Å². The lowest BCUT2D eigenvalue weighted by Crippen LogP contribution is -2.35. The molecule has 2 nitrogen and oxygen atoms in total. The fourth-order valence-corrected chi connectivity index (χ4v) is 3.94. The topological polar surface area (TPSA) is 35.8 Å². The third-order valence-electron chi connectivity index (χ3n) is 3.90. The summed E-state index contributed by atoms with van der Waals surface area (Å²) in [5.41, 5.74) is 1.66. The van der Waals surface area contributed by atoms with Crippen LogP contribution in [0.2, 0.25) is 0 Å². The van der Waals surface area contributed by atoms with Crippen LogP contribution in [0, 0.1) is 11.3 Å². The van der Waals surface area contributed by atoms with Crippen molar-refractivity contribution in [2.24, 2.45) is 0 Å². The molecule has 4 heteroatoms. The summed E-state index contributed by atoms with van der Waals surface area (Å²) in [6.07, 6.45) is 8.78. The van der Waals surface area contributed by atoms with Crippen molar-refractivity contribution in [1.82, 2.24) is 0 Å². The summed E-state index contributed by atoms with van der Waals surface area (Å²) in [5.74, 6) is 0. The highest BCUT2D eigenvalue weighted by atomic mass is 79.9. The third kappa shape index (κ3) is 3.67. The number of rotatable bonds is 4. The summed E-state index contributed by atoms with van der Waals surface area (Å²) in [6, 6.07) is 8.09. The minimum atomic E-state index is 0.345. The van der Waals surface area contributed by atoms with Gasteiger partial charge in [0.05, 0.1) is 11.3 Å². The molecule has 1 fully saturated rings. The van der Waals surface area contributed by atoms with Crippen molar-refractivity contribution in [3.63, 3.8) is 0 Å². The van der Waals surface area contributed by atoms with Crippen LogP contribution in [0.3, 0.4) is 0 Å². The Morgan fingerprint density at radius 1 is 1.37 bits per heavy atom. The molecular weight excluding hydrogens is 320 g/mol. The van der Waals surface area contributed by atoms with E-state index in [1.54, 1.807) is 0 Å². The van der Waals surface area contributed by atoms with Gasteiger partial charge in [-0.25, -0.2) is 0 Å². The smallest absolute Gasteiger partial charge is 0.101 e. The van der Waals surface area contributed by atoms with Crippen molar-refractivity contribution >= 4 is 33.4 Å². The van der Waals surface area contributed by atoms with Crippen molar-refractivity contribution in [2.45, 2.75) is 36.9 Å². The molecule has 0 spiro atoms. The molecule has 1 aromatic rings. The van der Waals surface area contributed by atoms with Gasteiger partial charge in [-0.3, -0.25) is 0 Å². The molecular formula is C15H19BrN2S. The first-order valence-electron chi connectivity index (χ1n) is 6.68. The Labute approximate surface area is 128 Å². The second-order valence-corrected chi connectivity index (χ2v) is 7.29. The summed E-state index contributed by atoms with van der Waals surface area (Å²) < 4.78 is 1.30. The number of anilines is 1. The molecule has 1 aromatic carbocycles. The zero-order valence-corrected chi connectivity index (χ0v) is 13.6. The summed E-state index contributed by atoms with van der Waals surface area (Å²) in [6.45, 7) is 0.949. The highest BCUT2D eigenvalue weighted by Gasteiger charge is 2.30. The second-order valence-electron chi connectivity index (χ2n) is 5.10. The van der Waals surface area contributed by atoms with Gasteiger partial charge in [0, 0.05) is 15.8 Å². The molecule has 1 aliphatic carbocycles. The molecule has 0 bridgehead atoms. The molecule has 0 radical (unpaired) electrons. The lowest BCUT2D eigenvalue weighted by Gasteiger charge is -2.36. The van der Waals surface area contributed by atoms with Crippen LogP contribution >= 0.6 is 27.7 Å². The van der Waals surface area contributed by atoms with Crippen molar-refractivity contribution in [3.8, 4) is 6.07 Å². The van der Waals surface area contributed by atoms with E-state index < -0.39 is 0 Å². The Morgan fingerprint density at radius 3 is 2.74 bits per heavy atom. The number of nitrogens with one attached hydrogen (secondary N) is 1. The Kier molecular flexibility index (Phi) is 5.18. The van der Waals surface area contributed by atoms with E-state index in [1.165, 1.54) is 32.1 Å². The number of hydrogen-bond acceptors (Lipinski definition) is 3. The van der Waals surface area contributed by atoms with Crippen molar-refractivity contribution in [1.29, 1.82) is 5.26 Å². The molecule has 102 valence electrons. The lowest BCUT2D eigenvalue weighted by molar-refractivity contribution is 0.411. The molecule has 1 saturated carbocycles. The highest BCUT2D eigenvalue weighted by molar-refractivity contribution is 9.10. The average molecular weight is 339 g/mol. The van der Waals surface area contributed by atoms with E-state index in [4.69, 9.17) is 0 Å². The summed E-state index contributed by atoms with van der Waals surface area (Å²) in [7, 11) is 0. The maximum Gasteiger partial charge on any atom is 0.101 e. The number of thioether (sulfide) groups is 1. The van der Waals surface area contributed by atoms with E-state index in [-0.39, 0.29) is 0 Å². The Bertz CT molecular complexity index is 476. The maximum absolute atomic E-state index is 9.19. The average Bonchev–Trinajstić information content (AvgIpc) is 2.47. The van der Waals surface area contributed by atoms with Crippen LogP contribution < -0.4 is 5.32 Å². The quantitative estimate of drug-likeness (QED) is 0.856. The first kappa shape index (κ1) is 14.7. The van der Waals surface area contributed by atoms with E-state index in [0.29, 0.717) is 10.3 Å². The molecule has 0 saturated heterocycles. The van der Waals surface area contributed by atoms with Crippen LogP contribution in [0.25, 0.3) is 0 Å². The van der Waals surface area contributed by atoms with Crippen LogP contribution in [-0.4, -0.2) is 17.5 Å². The van der Waals surface area contributed by atoms with Gasteiger partial charge in [-0.1, -0.05) is 35.2 Å². The molecule has 1 aliphatic rings. The van der Waals surface area contributed by atoms with Gasteiger partial charge in [0.15, 0.2) is 0 Å². The van der Waals surface area contributed by atoms with Crippen LogP contribution in [0.1, 0.15) is 37.7 Å². The molecule has 2 rings (SSSR count). The van der Waals surface area contributed by atoms with Gasteiger partial charge < -0.3 is 5.32 Å². The van der Waals surface area contributed by atoms with E-state index in [0.717, 1.165) is 16.7 Å². The minimum Gasteiger partial charge on any atom is -0.383 e. The standard InChI is InChI=1S/C15H19BrN2S/c1-19-15(7-3-2-4-8-15)11-18-14-6-5-13(16)9-12(14)10-17/h5-6,9,18H,2-4,7-8,11H2,1H3. The van der Waals surface area contributed by atoms with E-state index in [2.05, 4.69) is 33.6 Å². The fraction of sp³-hybridized carbons (Fsp3) is 0.533. The molecule has 0 heterocycles. The van der Waals surface area contributed by atoms with Crippen LogP contribution in [0.15, 0.2) is 22.7 Å². The zero-order valence-electron chi connectivity index (χ0n) is 11.2. The van der Waals surface area contributed by atoms with Crippen LogP contribution in [0.4, 0.5) is 5.69 Å². The van der Waals surface area contributed by atoms with E-state index in [9.17, 15) is 5.26 Å².